The molecule has 35 heavy (non-hydrogen) atoms. The largest absolute Gasteiger partial charge is 0.469 e. The summed E-state index contributed by atoms with van der Waals surface area (Å²) in [5.41, 5.74) is 6.02. The lowest BCUT2D eigenvalue weighted by Gasteiger charge is -2.32. The van der Waals surface area contributed by atoms with Crippen molar-refractivity contribution >= 4 is 11.9 Å². The molecule has 0 spiro atoms. The van der Waals surface area contributed by atoms with Crippen LogP contribution in [0.25, 0.3) is 11.1 Å². The average molecular weight is 477 g/mol. The first-order valence-electron chi connectivity index (χ1n) is 13.0. The van der Waals surface area contributed by atoms with Gasteiger partial charge in [-0.3, -0.25) is 9.59 Å². The van der Waals surface area contributed by atoms with E-state index < -0.39 is 5.41 Å². The lowest BCUT2D eigenvalue weighted by molar-refractivity contribution is -0.144. The smallest absolute Gasteiger partial charge is 0.306 e. The fourth-order valence-corrected chi connectivity index (χ4v) is 5.45. The average Bonchev–Trinajstić information content (AvgIpc) is 3.26. The van der Waals surface area contributed by atoms with E-state index in [2.05, 4.69) is 54.3 Å². The van der Waals surface area contributed by atoms with E-state index in [0.29, 0.717) is 13.0 Å². The fraction of sp³-hybridized carbons (Fsp3) is 0.533. The number of methoxy groups -OCH3 is 1. The normalized spacial score (nSPS) is 18.4. The van der Waals surface area contributed by atoms with Crippen LogP contribution >= 0.6 is 0 Å². The monoisotopic (exact) mass is 476 g/mol. The minimum absolute atomic E-state index is 0.104. The second-order valence-corrected chi connectivity index (χ2v) is 11.1. The summed E-state index contributed by atoms with van der Waals surface area (Å²) in [6.45, 7) is 9.98. The van der Waals surface area contributed by atoms with Gasteiger partial charge < -0.3 is 14.5 Å². The Labute approximate surface area is 210 Å². The van der Waals surface area contributed by atoms with Crippen LogP contribution in [0, 0.1) is 5.41 Å². The molecular formula is C30H40N2O3. The topological polar surface area (TPSA) is 49.9 Å². The molecule has 0 saturated carbocycles. The van der Waals surface area contributed by atoms with Crippen LogP contribution in [0.3, 0.4) is 0 Å². The van der Waals surface area contributed by atoms with Gasteiger partial charge in [0.2, 0.25) is 5.91 Å². The number of esters is 1. The van der Waals surface area contributed by atoms with Gasteiger partial charge in [0.1, 0.15) is 0 Å². The summed E-state index contributed by atoms with van der Waals surface area (Å²) < 4.78 is 4.78. The van der Waals surface area contributed by atoms with Crippen LogP contribution in [0.5, 0.6) is 0 Å². The number of carbonyl (C=O) groups is 2. The first-order chi connectivity index (χ1) is 16.7. The highest BCUT2D eigenvalue weighted by Crippen LogP contribution is 2.30. The summed E-state index contributed by atoms with van der Waals surface area (Å²) in [6.07, 6.45) is 5.22. The Hall–Kier alpha value is -2.66. The van der Waals surface area contributed by atoms with Crippen LogP contribution in [0.2, 0.25) is 0 Å². The summed E-state index contributed by atoms with van der Waals surface area (Å²) in [5, 5.41) is 0. The van der Waals surface area contributed by atoms with Crippen molar-refractivity contribution in [2.24, 2.45) is 5.41 Å². The Bertz CT molecular complexity index is 1040. The quantitative estimate of drug-likeness (QED) is 0.489. The van der Waals surface area contributed by atoms with Crippen LogP contribution in [0.4, 0.5) is 0 Å². The van der Waals surface area contributed by atoms with Crippen molar-refractivity contribution in [2.75, 3.05) is 26.7 Å². The van der Waals surface area contributed by atoms with Gasteiger partial charge in [-0.25, -0.2) is 0 Å². The standard InChI is InChI=1S/C30H40N2O3/c1-22-6-5-15-31(22)16-13-23-7-9-24(10-8-23)25-11-12-27-21-32(17-14-26(27)18-25)28(33)19-30(2,3)20-29(34)35-4/h7-12,18,22H,5-6,13-17,19-21H2,1-4H3/t22-/m1/s1. The molecule has 2 aromatic rings. The molecule has 1 amide bonds. The molecule has 4 rings (SSSR count). The molecule has 2 aliphatic heterocycles. The summed E-state index contributed by atoms with van der Waals surface area (Å²) in [5.74, 6) is -0.166. The molecule has 0 aliphatic carbocycles. The second kappa shape index (κ2) is 10.9. The minimum atomic E-state index is -0.410. The Morgan fingerprint density at radius 3 is 2.43 bits per heavy atom. The predicted octanol–water partition coefficient (Wildman–Crippen LogP) is 5.24. The number of fused-ring (bicyclic) bond motifs is 1. The molecule has 1 saturated heterocycles. The van der Waals surface area contributed by atoms with E-state index in [1.54, 1.807) is 0 Å². The molecule has 0 bridgehead atoms. The highest BCUT2D eigenvalue weighted by atomic mass is 16.5. The van der Waals surface area contributed by atoms with Crippen molar-refractivity contribution in [3.05, 3.63) is 59.2 Å². The van der Waals surface area contributed by atoms with E-state index >= 15 is 0 Å². The molecular weight excluding hydrogens is 436 g/mol. The maximum atomic E-state index is 12.9. The zero-order valence-electron chi connectivity index (χ0n) is 21.8. The molecule has 0 aromatic heterocycles. The number of nitrogens with zero attached hydrogens (tertiary/aromatic N) is 2. The Balaban J connectivity index is 1.35. The number of hydrogen-bond acceptors (Lipinski definition) is 4. The third-order valence-electron chi connectivity index (χ3n) is 7.72. The zero-order chi connectivity index (χ0) is 25.0. The number of carbonyl (C=O) groups excluding carboxylic acids is 2. The summed E-state index contributed by atoms with van der Waals surface area (Å²) in [6, 6.07) is 16.4. The summed E-state index contributed by atoms with van der Waals surface area (Å²) in [4.78, 5) is 29.1. The number of hydrogen-bond donors (Lipinski definition) is 0. The number of amides is 1. The number of ether oxygens (including phenoxy) is 1. The van der Waals surface area contributed by atoms with Gasteiger partial charge in [-0.15, -0.1) is 0 Å². The molecule has 1 fully saturated rings. The van der Waals surface area contributed by atoms with Gasteiger partial charge in [-0.2, -0.15) is 0 Å². The molecule has 2 aliphatic rings. The number of benzene rings is 2. The van der Waals surface area contributed by atoms with Crippen molar-refractivity contribution in [1.29, 1.82) is 0 Å². The number of likely N-dealkylation sites (tertiary alicyclic amines) is 1. The number of rotatable bonds is 8. The van der Waals surface area contributed by atoms with Crippen molar-refractivity contribution in [3.63, 3.8) is 0 Å². The molecule has 0 N–H and O–H groups in total. The van der Waals surface area contributed by atoms with Gasteiger partial charge in [0.25, 0.3) is 0 Å². The van der Waals surface area contributed by atoms with Gasteiger partial charge in [0, 0.05) is 32.1 Å². The lowest BCUT2D eigenvalue weighted by Crippen LogP contribution is -2.38. The van der Waals surface area contributed by atoms with Gasteiger partial charge in [-0.05, 0) is 72.4 Å². The van der Waals surface area contributed by atoms with Gasteiger partial charge in [0.05, 0.1) is 13.5 Å². The van der Waals surface area contributed by atoms with E-state index in [9.17, 15) is 9.59 Å². The first kappa shape index (κ1) is 25.4. The molecule has 5 nitrogen and oxygen atoms in total. The van der Waals surface area contributed by atoms with E-state index in [0.717, 1.165) is 32.0 Å². The van der Waals surface area contributed by atoms with Gasteiger partial charge >= 0.3 is 5.97 Å². The van der Waals surface area contributed by atoms with Crippen molar-refractivity contribution in [2.45, 2.75) is 71.9 Å². The summed E-state index contributed by atoms with van der Waals surface area (Å²) in [7, 11) is 1.39. The molecule has 1 atom stereocenters. The highest BCUT2D eigenvalue weighted by Gasteiger charge is 2.30. The van der Waals surface area contributed by atoms with Gasteiger partial charge in [-0.1, -0.05) is 56.3 Å². The van der Waals surface area contributed by atoms with E-state index in [-0.39, 0.29) is 18.3 Å². The third-order valence-corrected chi connectivity index (χ3v) is 7.72. The second-order valence-electron chi connectivity index (χ2n) is 11.1. The SMILES string of the molecule is COC(=O)CC(C)(C)CC(=O)N1CCc2cc(-c3ccc(CCN4CCC[C@H]4C)cc3)ccc2C1. The highest BCUT2D eigenvalue weighted by molar-refractivity contribution is 5.79. The van der Waals surface area contributed by atoms with E-state index in [1.165, 1.54) is 54.3 Å². The van der Waals surface area contributed by atoms with Crippen LogP contribution in [-0.2, 0) is 33.7 Å². The molecule has 0 radical (unpaired) electrons. The molecule has 188 valence electrons. The molecule has 5 heteroatoms. The van der Waals surface area contributed by atoms with Crippen LogP contribution in [-0.4, -0.2) is 54.5 Å². The Morgan fingerprint density at radius 1 is 1.00 bits per heavy atom. The van der Waals surface area contributed by atoms with Crippen LogP contribution in [0.15, 0.2) is 42.5 Å². The molecule has 2 aromatic carbocycles. The predicted molar refractivity (Wildman–Crippen MR) is 140 cm³/mol. The van der Waals surface area contributed by atoms with Crippen molar-refractivity contribution in [1.82, 2.24) is 9.80 Å². The zero-order valence-corrected chi connectivity index (χ0v) is 21.8. The molecule has 0 unspecified atom stereocenters. The third kappa shape index (κ3) is 6.52. The Morgan fingerprint density at radius 2 is 1.74 bits per heavy atom. The lowest BCUT2D eigenvalue weighted by atomic mass is 9.84. The van der Waals surface area contributed by atoms with Gasteiger partial charge in [0.15, 0.2) is 0 Å². The van der Waals surface area contributed by atoms with Crippen LogP contribution in [0.1, 0.15) is 63.1 Å². The first-order valence-corrected chi connectivity index (χ1v) is 13.0. The maximum Gasteiger partial charge on any atom is 0.306 e. The van der Waals surface area contributed by atoms with Crippen molar-refractivity contribution in [3.8, 4) is 11.1 Å². The molecule has 2 heterocycles. The van der Waals surface area contributed by atoms with Crippen LogP contribution < -0.4 is 0 Å². The minimum Gasteiger partial charge on any atom is -0.469 e. The summed E-state index contributed by atoms with van der Waals surface area (Å²) >= 11 is 0. The van der Waals surface area contributed by atoms with E-state index in [1.807, 2.05) is 18.7 Å². The fourth-order valence-electron chi connectivity index (χ4n) is 5.45. The maximum absolute atomic E-state index is 12.9. The Kier molecular flexibility index (Phi) is 7.95. The van der Waals surface area contributed by atoms with Crippen molar-refractivity contribution < 1.29 is 14.3 Å². The van der Waals surface area contributed by atoms with E-state index in [4.69, 9.17) is 4.74 Å².